The zero-order valence-electron chi connectivity index (χ0n) is 20.1. The van der Waals surface area contributed by atoms with Crippen molar-refractivity contribution in [3.05, 3.63) is 97.3 Å². The number of hydrogen-bond acceptors (Lipinski definition) is 4. The lowest BCUT2D eigenvalue weighted by molar-refractivity contribution is 0.682. The summed E-state index contributed by atoms with van der Waals surface area (Å²) in [5, 5.41) is 13.4. The van der Waals surface area contributed by atoms with Gasteiger partial charge in [-0.3, -0.25) is 15.1 Å². The van der Waals surface area contributed by atoms with E-state index in [0.717, 1.165) is 61.2 Å². The third-order valence-electron chi connectivity index (χ3n) is 5.99. The molecule has 35 heavy (non-hydrogen) atoms. The van der Waals surface area contributed by atoms with Gasteiger partial charge in [-0.2, -0.15) is 5.10 Å². The van der Waals surface area contributed by atoms with Gasteiger partial charge in [0.05, 0.1) is 22.9 Å². The Morgan fingerprint density at radius 3 is 2.57 bits per heavy atom. The van der Waals surface area contributed by atoms with E-state index in [1.807, 2.05) is 37.5 Å². The average molecular weight is 461 g/mol. The summed E-state index contributed by atoms with van der Waals surface area (Å²) in [5.41, 5.74) is 9.13. The zero-order valence-corrected chi connectivity index (χ0v) is 20.1. The van der Waals surface area contributed by atoms with Crippen LogP contribution in [-0.2, 0) is 0 Å². The predicted molar refractivity (Wildman–Crippen MR) is 145 cm³/mol. The second kappa shape index (κ2) is 9.43. The van der Waals surface area contributed by atoms with Gasteiger partial charge in [0.2, 0.25) is 0 Å². The van der Waals surface area contributed by atoms with Gasteiger partial charge in [-0.15, -0.1) is 0 Å². The van der Waals surface area contributed by atoms with Crippen LogP contribution in [0.25, 0.3) is 49.9 Å². The number of aromatic nitrogens is 5. The highest BCUT2D eigenvalue weighted by molar-refractivity contribution is 6.01. The maximum Gasteiger partial charge on any atom is 0.116 e. The monoisotopic (exact) mass is 460 g/mol. The van der Waals surface area contributed by atoms with E-state index in [9.17, 15) is 0 Å². The third-order valence-corrected chi connectivity index (χ3v) is 5.99. The molecule has 0 unspecified atom stereocenters. The number of fused-ring (bicyclic) bond motifs is 2. The molecular formula is C29H28N6. The molecule has 0 aliphatic heterocycles. The van der Waals surface area contributed by atoms with E-state index in [1.54, 1.807) is 12.4 Å². The first-order chi connectivity index (χ1) is 17.1. The van der Waals surface area contributed by atoms with Gasteiger partial charge in [0.25, 0.3) is 0 Å². The summed E-state index contributed by atoms with van der Waals surface area (Å²) in [6.45, 7) is 10.2. The van der Waals surface area contributed by atoms with E-state index in [0.29, 0.717) is 6.04 Å². The quantitative estimate of drug-likeness (QED) is 0.238. The molecule has 3 N–H and O–H groups in total. The third kappa shape index (κ3) is 4.38. The number of H-pyrrole nitrogens is 2. The number of benzene rings is 1. The highest BCUT2D eigenvalue weighted by Gasteiger charge is 2.15. The molecule has 174 valence electrons. The van der Waals surface area contributed by atoms with Crippen LogP contribution >= 0.6 is 0 Å². The molecule has 0 spiro atoms. The number of aromatic amines is 2. The van der Waals surface area contributed by atoms with E-state index >= 15 is 0 Å². The van der Waals surface area contributed by atoms with Crippen LogP contribution in [0.15, 0.2) is 91.7 Å². The van der Waals surface area contributed by atoms with Crippen LogP contribution < -0.4 is 5.32 Å². The van der Waals surface area contributed by atoms with Crippen molar-refractivity contribution in [3.63, 3.8) is 0 Å². The topological polar surface area (TPSA) is 82.3 Å². The van der Waals surface area contributed by atoms with E-state index in [4.69, 9.17) is 0 Å². The second-order valence-corrected chi connectivity index (χ2v) is 8.75. The Kier molecular flexibility index (Phi) is 6.02. The highest BCUT2D eigenvalue weighted by Crippen LogP contribution is 2.34. The van der Waals surface area contributed by atoms with Crippen molar-refractivity contribution < 1.29 is 0 Å². The summed E-state index contributed by atoms with van der Waals surface area (Å²) in [4.78, 5) is 12.1. The van der Waals surface area contributed by atoms with Gasteiger partial charge in [-0.05, 0) is 80.0 Å². The Bertz CT molecular complexity index is 1570. The summed E-state index contributed by atoms with van der Waals surface area (Å²) < 4.78 is 0. The molecule has 0 fully saturated rings. The highest BCUT2D eigenvalue weighted by atomic mass is 15.1. The number of allylic oxidation sites excluding steroid dienone is 4. The standard InChI is InChI=1S/C29H28N6/c1-5-19(13-22(6-2)32-18(3)4)21-7-8-26-24(14-21)29(35-34-26)27-15-23-25(16-31-17-28(23)33-27)20-9-11-30-12-10-20/h5-18,32-33H,2H2,1,3-4H3,(H,34,35)/b19-5+,22-13+. The Balaban J connectivity index is 1.59. The molecule has 0 aliphatic rings. The minimum Gasteiger partial charge on any atom is -0.383 e. The number of rotatable bonds is 7. The molecule has 6 heteroatoms. The van der Waals surface area contributed by atoms with Gasteiger partial charge >= 0.3 is 0 Å². The van der Waals surface area contributed by atoms with Gasteiger partial charge in [-0.1, -0.05) is 18.7 Å². The van der Waals surface area contributed by atoms with Crippen LogP contribution in [0.4, 0.5) is 0 Å². The molecular weight excluding hydrogens is 432 g/mol. The normalized spacial score (nSPS) is 12.6. The fraction of sp³-hybridized carbons (Fsp3) is 0.138. The molecule has 0 saturated carbocycles. The van der Waals surface area contributed by atoms with Gasteiger partial charge in [0.1, 0.15) is 5.69 Å². The van der Waals surface area contributed by atoms with Crippen LogP contribution in [0, 0.1) is 0 Å². The molecule has 5 rings (SSSR count). The van der Waals surface area contributed by atoms with Gasteiger partial charge in [0, 0.05) is 46.7 Å². The van der Waals surface area contributed by atoms with Crippen molar-refractivity contribution in [2.75, 3.05) is 0 Å². The van der Waals surface area contributed by atoms with E-state index in [1.165, 1.54) is 0 Å². The minimum atomic E-state index is 0.328. The Labute approximate surface area is 204 Å². The van der Waals surface area contributed by atoms with Crippen molar-refractivity contribution in [2.24, 2.45) is 0 Å². The van der Waals surface area contributed by atoms with Crippen molar-refractivity contribution in [1.29, 1.82) is 0 Å². The van der Waals surface area contributed by atoms with Crippen LogP contribution in [0.3, 0.4) is 0 Å². The average Bonchev–Trinajstić information content (AvgIpc) is 3.50. The maximum atomic E-state index is 4.66. The first-order valence-corrected chi connectivity index (χ1v) is 11.7. The Morgan fingerprint density at radius 1 is 1.00 bits per heavy atom. The minimum absolute atomic E-state index is 0.328. The van der Waals surface area contributed by atoms with Crippen molar-refractivity contribution >= 4 is 27.4 Å². The molecule has 0 radical (unpaired) electrons. The molecule has 0 bridgehead atoms. The molecule has 4 aromatic heterocycles. The Hall–Kier alpha value is -4.45. The number of nitrogens with zero attached hydrogens (tertiary/aromatic N) is 3. The SMILES string of the molecule is C=C/C(=C\C(=C/C)c1ccc2[nH]nc(-c3cc4c(-c5ccncc5)cncc4[nH]3)c2c1)NC(C)C. The van der Waals surface area contributed by atoms with E-state index < -0.39 is 0 Å². The first-order valence-electron chi connectivity index (χ1n) is 11.7. The second-order valence-electron chi connectivity index (χ2n) is 8.75. The Morgan fingerprint density at radius 2 is 1.83 bits per heavy atom. The fourth-order valence-electron chi connectivity index (χ4n) is 4.33. The smallest absolute Gasteiger partial charge is 0.116 e. The zero-order chi connectivity index (χ0) is 24.4. The van der Waals surface area contributed by atoms with Crippen molar-refractivity contribution in [1.82, 2.24) is 30.5 Å². The number of nitrogens with one attached hydrogen (secondary N) is 3. The van der Waals surface area contributed by atoms with E-state index in [-0.39, 0.29) is 0 Å². The van der Waals surface area contributed by atoms with E-state index in [2.05, 4.69) is 87.3 Å². The molecule has 6 nitrogen and oxygen atoms in total. The lowest BCUT2D eigenvalue weighted by atomic mass is 10.0. The van der Waals surface area contributed by atoms with Gasteiger partial charge < -0.3 is 10.3 Å². The summed E-state index contributed by atoms with van der Waals surface area (Å²) >= 11 is 0. The summed E-state index contributed by atoms with van der Waals surface area (Å²) in [7, 11) is 0. The summed E-state index contributed by atoms with van der Waals surface area (Å²) in [6, 6.07) is 12.8. The van der Waals surface area contributed by atoms with Gasteiger partial charge in [-0.25, -0.2) is 0 Å². The predicted octanol–water partition coefficient (Wildman–Crippen LogP) is 6.64. The first kappa shape index (κ1) is 22.3. The number of pyridine rings is 2. The molecule has 4 heterocycles. The van der Waals surface area contributed by atoms with Crippen LogP contribution in [0.5, 0.6) is 0 Å². The van der Waals surface area contributed by atoms with Crippen LogP contribution in [0.2, 0.25) is 0 Å². The maximum absolute atomic E-state index is 4.66. The van der Waals surface area contributed by atoms with Gasteiger partial charge in [0.15, 0.2) is 0 Å². The molecule has 0 atom stereocenters. The van der Waals surface area contributed by atoms with Crippen LogP contribution in [-0.4, -0.2) is 31.2 Å². The summed E-state index contributed by atoms with van der Waals surface area (Å²) in [5.74, 6) is 0. The fourth-order valence-corrected chi connectivity index (χ4v) is 4.33. The van der Waals surface area contributed by atoms with Crippen LogP contribution in [0.1, 0.15) is 26.3 Å². The molecule has 0 aliphatic carbocycles. The molecule has 1 aromatic carbocycles. The summed E-state index contributed by atoms with van der Waals surface area (Å²) in [6.07, 6.45) is 13.4. The molecule has 0 saturated heterocycles. The number of hydrogen-bond donors (Lipinski definition) is 3. The lowest BCUT2D eigenvalue weighted by Gasteiger charge is -2.12. The lowest BCUT2D eigenvalue weighted by Crippen LogP contribution is -2.20. The largest absolute Gasteiger partial charge is 0.383 e. The molecule has 0 amide bonds. The van der Waals surface area contributed by atoms with Crippen molar-refractivity contribution in [3.8, 4) is 22.5 Å². The molecule has 5 aromatic rings. The van der Waals surface area contributed by atoms with Crippen molar-refractivity contribution in [2.45, 2.75) is 26.8 Å².